The molecule has 0 spiro atoms. The summed E-state index contributed by atoms with van der Waals surface area (Å²) < 4.78 is 32.5. The molecule has 3 aromatic carbocycles. The molecule has 2 unspecified atom stereocenters. The lowest BCUT2D eigenvalue weighted by molar-refractivity contribution is -0.0381. The number of aliphatic hydroxyl groups is 1. The van der Waals surface area contributed by atoms with Gasteiger partial charge >= 0.3 is 5.69 Å². The molecule has 0 radical (unpaired) electrons. The Bertz CT molecular complexity index is 1820. The van der Waals surface area contributed by atoms with Gasteiger partial charge in [0.05, 0.1) is 18.3 Å². The summed E-state index contributed by atoms with van der Waals surface area (Å²) in [5, 5.41) is 20.9. The fourth-order valence-electron chi connectivity index (χ4n) is 5.76. The van der Waals surface area contributed by atoms with Crippen molar-refractivity contribution in [2.24, 2.45) is 0 Å². The monoisotopic (exact) mass is 620 g/mol. The Balaban J connectivity index is 1.22. The summed E-state index contributed by atoms with van der Waals surface area (Å²) in [6.45, 7) is 6.72. The van der Waals surface area contributed by atoms with Gasteiger partial charge in [0.2, 0.25) is 0 Å². The average molecular weight is 621 g/mol. The largest absolute Gasteiger partial charge is 0.381 e. The van der Waals surface area contributed by atoms with Crippen LogP contribution in [0.1, 0.15) is 24.1 Å². The van der Waals surface area contributed by atoms with Crippen LogP contribution in [0.25, 0.3) is 5.69 Å². The van der Waals surface area contributed by atoms with Gasteiger partial charge in [-0.3, -0.25) is 0 Å². The molecule has 0 aliphatic carbocycles. The first kappa shape index (κ1) is 29.5. The van der Waals surface area contributed by atoms with Gasteiger partial charge in [0.15, 0.2) is 0 Å². The third-order valence-corrected chi connectivity index (χ3v) is 8.54. The van der Waals surface area contributed by atoms with E-state index in [0.29, 0.717) is 11.8 Å². The summed E-state index contributed by atoms with van der Waals surface area (Å²) in [6, 6.07) is 15.4. The molecular weight excluding hydrogens is 590 g/mol. The van der Waals surface area contributed by atoms with Crippen LogP contribution in [0.15, 0.2) is 84.4 Å². The maximum absolute atomic E-state index is 15.0. The molecule has 1 saturated heterocycles. The molecule has 1 N–H and O–H groups in total. The summed E-state index contributed by atoms with van der Waals surface area (Å²) >= 11 is 6.23. The highest BCUT2D eigenvalue weighted by Crippen LogP contribution is 2.36. The zero-order valence-corrected chi connectivity index (χ0v) is 24.9. The summed E-state index contributed by atoms with van der Waals surface area (Å²) in [7, 11) is 0. The van der Waals surface area contributed by atoms with Gasteiger partial charge in [-0.05, 0) is 61.9 Å². The molecule has 1 aliphatic heterocycles. The molecule has 0 amide bonds. The molecule has 228 valence electrons. The predicted molar refractivity (Wildman–Crippen MR) is 163 cm³/mol. The number of halogens is 3. The molecule has 5 aromatic rings. The molecule has 44 heavy (non-hydrogen) atoms. The van der Waals surface area contributed by atoms with Crippen LogP contribution in [0.3, 0.4) is 0 Å². The molecule has 13 heteroatoms. The quantitative estimate of drug-likeness (QED) is 0.276. The number of aromatic nitrogens is 6. The number of benzene rings is 3. The van der Waals surface area contributed by atoms with Crippen LogP contribution < -0.4 is 15.5 Å². The van der Waals surface area contributed by atoms with E-state index in [9.17, 15) is 18.7 Å². The lowest BCUT2D eigenvalue weighted by Gasteiger charge is -2.38. The first-order valence-electron chi connectivity index (χ1n) is 14.2. The third-order valence-electron chi connectivity index (χ3n) is 8.30. The number of rotatable bonds is 8. The second kappa shape index (κ2) is 11.9. The van der Waals surface area contributed by atoms with Crippen LogP contribution in [-0.2, 0) is 12.1 Å². The van der Waals surface area contributed by atoms with E-state index in [4.69, 9.17) is 11.6 Å². The summed E-state index contributed by atoms with van der Waals surface area (Å²) in [4.78, 5) is 22.1. The standard InChI is InChI=1S/C31H31ClF2N8O2/c1-21-3-4-23(32)15-29(21)39-13-11-38(12-14-39)25-6-8-26(9-7-25)41-20-37-42(30(41)43)22(2)31(44,17-40-19-35-18-36-40)27-10-5-24(33)16-28(27)34/h3-10,15-16,18-20,22,44H,11-14,17H2,1-2H3. The van der Waals surface area contributed by atoms with Crippen LogP contribution >= 0.6 is 11.6 Å². The van der Waals surface area contributed by atoms with Crippen molar-refractivity contribution in [3.05, 3.63) is 118 Å². The SMILES string of the molecule is Cc1ccc(Cl)cc1N1CCN(c2ccc(-n3cnn(C(C)C(O)(Cn4cncn4)c4ccc(F)cc4F)c3=O)cc2)CC1. The molecule has 2 atom stereocenters. The van der Waals surface area contributed by atoms with Crippen molar-refractivity contribution in [3.63, 3.8) is 0 Å². The normalized spacial score (nSPS) is 15.8. The zero-order valence-electron chi connectivity index (χ0n) is 24.2. The molecule has 1 aliphatic rings. The van der Waals surface area contributed by atoms with E-state index in [1.165, 1.54) is 33.8 Å². The highest BCUT2D eigenvalue weighted by molar-refractivity contribution is 6.30. The smallest absolute Gasteiger partial charge is 0.350 e. The second-order valence-corrected chi connectivity index (χ2v) is 11.4. The Morgan fingerprint density at radius 1 is 0.932 bits per heavy atom. The van der Waals surface area contributed by atoms with Gasteiger partial charge in [0.25, 0.3) is 0 Å². The summed E-state index contributed by atoms with van der Waals surface area (Å²) in [6.07, 6.45) is 3.99. The first-order valence-corrected chi connectivity index (χ1v) is 14.5. The maximum atomic E-state index is 15.0. The van der Waals surface area contributed by atoms with Crippen molar-refractivity contribution in [2.45, 2.75) is 32.0 Å². The van der Waals surface area contributed by atoms with E-state index in [2.05, 4.69) is 31.9 Å². The summed E-state index contributed by atoms with van der Waals surface area (Å²) in [5.41, 5.74) is 1.19. The molecule has 10 nitrogen and oxygen atoms in total. The van der Waals surface area contributed by atoms with Crippen molar-refractivity contribution in [2.75, 3.05) is 36.0 Å². The second-order valence-electron chi connectivity index (χ2n) is 11.0. The Morgan fingerprint density at radius 3 is 2.32 bits per heavy atom. The maximum Gasteiger partial charge on any atom is 0.350 e. The van der Waals surface area contributed by atoms with Gasteiger partial charge in [-0.1, -0.05) is 23.7 Å². The molecule has 0 bridgehead atoms. The molecule has 3 heterocycles. The van der Waals surface area contributed by atoms with E-state index in [1.807, 2.05) is 42.5 Å². The first-order chi connectivity index (χ1) is 21.1. The van der Waals surface area contributed by atoms with Crippen molar-refractivity contribution in [3.8, 4) is 5.69 Å². The van der Waals surface area contributed by atoms with Crippen molar-refractivity contribution in [1.82, 2.24) is 29.1 Å². The third kappa shape index (κ3) is 5.58. The zero-order chi connectivity index (χ0) is 31.0. The van der Waals surface area contributed by atoms with E-state index >= 15 is 0 Å². The molecule has 0 saturated carbocycles. The molecular formula is C31H31ClF2N8O2. The van der Waals surface area contributed by atoms with Gasteiger partial charge in [-0.25, -0.2) is 32.5 Å². The Labute approximate surface area is 257 Å². The lowest BCUT2D eigenvalue weighted by Crippen LogP contribution is -2.46. The average Bonchev–Trinajstić information content (AvgIpc) is 3.67. The van der Waals surface area contributed by atoms with E-state index < -0.39 is 29.0 Å². The van der Waals surface area contributed by atoms with Gasteiger partial charge in [0, 0.05) is 54.2 Å². The molecule has 2 aromatic heterocycles. The Hall–Kier alpha value is -4.55. The number of hydrogen-bond donors (Lipinski definition) is 1. The van der Waals surface area contributed by atoms with Gasteiger partial charge in [-0.15, -0.1) is 0 Å². The lowest BCUT2D eigenvalue weighted by atomic mass is 9.86. The fraction of sp³-hybridized carbons (Fsp3) is 0.290. The van der Waals surface area contributed by atoms with Crippen molar-refractivity contribution >= 4 is 23.0 Å². The number of anilines is 2. The Morgan fingerprint density at radius 2 is 1.64 bits per heavy atom. The van der Waals surface area contributed by atoms with Crippen LogP contribution in [0.2, 0.25) is 5.02 Å². The van der Waals surface area contributed by atoms with Gasteiger partial charge < -0.3 is 14.9 Å². The predicted octanol–water partition coefficient (Wildman–Crippen LogP) is 4.34. The van der Waals surface area contributed by atoms with Gasteiger partial charge in [0.1, 0.15) is 36.2 Å². The van der Waals surface area contributed by atoms with Crippen LogP contribution in [0, 0.1) is 18.6 Å². The highest BCUT2D eigenvalue weighted by atomic mass is 35.5. The molecule has 1 fully saturated rings. The number of nitrogens with zero attached hydrogens (tertiary/aromatic N) is 8. The minimum Gasteiger partial charge on any atom is -0.381 e. The van der Waals surface area contributed by atoms with Crippen LogP contribution in [-0.4, -0.2) is 60.4 Å². The van der Waals surface area contributed by atoms with Crippen LogP contribution in [0.4, 0.5) is 20.2 Å². The Kier molecular flexibility index (Phi) is 7.95. The number of piperazine rings is 1. The molecule has 6 rings (SSSR count). The van der Waals surface area contributed by atoms with E-state index in [-0.39, 0.29) is 12.1 Å². The summed E-state index contributed by atoms with van der Waals surface area (Å²) in [5.74, 6) is -1.74. The minimum absolute atomic E-state index is 0.196. The fourth-order valence-corrected chi connectivity index (χ4v) is 5.92. The minimum atomic E-state index is -2.02. The van der Waals surface area contributed by atoms with Crippen molar-refractivity contribution in [1.29, 1.82) is 0 Å². The number of hydrogen-bond acceptors (Lipinski definition) is 7. The van der Waals surface area contributed by atoms with Gasteiger partial charge in [-0.2, -0.15) is 10.2 Å². The highest BCUT2D eigenvalue weighted by Gasteiger charge is 2.42. The number of aryl methyl sites for hydroxylation is 1. The topological polar surface area (TPSA) is 97.2 Å². The van der Waals surface area contributed by atoms with E-state index in [1.54, 1.807) is 6.92 Å². The van der Waals surface area contributed by atoms with Crippen LogP contribution in [0.5, 0.6) is 0 Å². The van der Waals surface area contributed by atoms with Crippen molar-refractivity contribution < 1.29 is 13.9 Å². The van der Waals surface area contributed by atoms with E-state index in [0.717, 1.165) is 59.4 Å².